The van der Waals surface area contributed by atoms with Crippen molar-refractivity contribution in [1.82, 2.24) is 10.2 Å². The van der Waals surface area contributed by atoms with E-state index >= 15 is 0 Å². The van der Waals surface area contributed by atoms with Crippen molar-refractivity contribution < 1.29 is 14.0 Å². The number of likely N-dealkylation sites (tertiary alicyclic amines) is 1. The zero-order chi connectivity index (χ0) is 21.4. The molecule has 168 valence electrons. The third-order valence-electron chi connectivity index (χ3n) is 8.01. The Morgan fingerprint density at radius 3 is 2.35 bits per heavy atom. The molecule has 0 aromatic heterocycles. The molecule has 1 saturated heterocycles. The molecular formula is C25H33FN2O2S. The lowest BCUT2D eigenvalue weighted by Crippen LogP contribution is -2.57. The first kappa shape index (κ1) is 21.3. The van der Waals surface area contributed by atoms with E-state index in [0.29, 0.717) is 6.54 Å². The summed E-state index contributed by atoms with van der Waals surface area (Å²) in [5.74, 6) is 3.17. The molecule has 1 aliphatic heterocycles. The summed E-state index contributed by atoms with van der Waals surface area (Å²) in [6.45, 7) is 1.35. The van der Waals surface area contributed by atoms with Gasteiger partial charge in [-0.15, -0.1) is 11.8 Å². The van der Waals surface area contributed by atoms with Crippen molar-refractivity contribution in [2.45, 2.75) is 68.7 Å². The summed E-state index contributed by atoms with van der Waals surface area (Å²) in [5.41, 5.74) is -0.163. The van der Waals surface area contributed by atoms with E-state index in [4.69, 9.17) is 0 Å². The van der Waals surface area contributed by atoms with Crippen LogP contribution in [-0.4, -0.2) is 41.6 Å². The topological polar surface area (TPSA) is 49.4 Å². The van der Waals surface area contributed by atoms with Crippen molar-refractivity contribution >= 4 is 23.6 Å². The van der Waals surface area contributed by atoms with Crippen molar-refractivity contribution in [3.05, 3.63) is 30.1 Å². The van der Waals surface area contributed by atoms with Crippen LogP contribution in [0, 0.1) is 29.0 Å². The minimum Gasteiger partial charge on any atom is -0.354 e. The lowest BCUT2D eigenvalue weighted by atomic mass is 9.49. The Labute approximate surface area is 188 Å². The fraction of sp³-hybridized carbons (Fsp3) is 0.680. The normalized spacial score (nSPS) is 33.6. The molecule has 4 bridgehead atoms. The van der Waals surface area contributed by atoms with Crippen molar-refractivity contribution in [3.8, 4) is 0 Å². The molecule has 1 heterocycles. The van der Waals surface area contributed by atoms with Gasteiger partial charge in [-0.3, -0.25) is 9.59 Å². The molecule has 1 unspecified atom stereocenters. The second-order valence-electron chi connectivity index (χ2n) is 10.3. The van der Waals surface area contributed by atoms with Gasteiger partial charge in [0.25, 0.3) is 0 Å². The van der Waals surface area contributed by atoms with E-state index in [0.717, 1.165) is 73.5 Å². The number of nitrogens with zero attached hydrogens (tertiary/aromatic N) is 1. The molecule has 4 aliphatic carbocycles. The minimum absolute atomic E-state index is 0.0161. The van der Waals surface area contributed by atoms with Gasteiger partial charge in [0.05, 0.1) is 5.41 Å². The third-order valence-corrected chi connectivity index (χ3v) is 9.11. The van der Waals surface area contributed by atoms with Crippen LogP contribution in [0.25, 0.3) is 0 Å². The summed E-state index contributed by atoms with van der Waals surface area (Å²) in [5, 5.41) is 3.07. The molecule has 0 radical (unpaired) electrons. The van der Waals surface area contributed by atoms with Gasteiger partial charge in [-0.2, -0.15) is 0 Å². The molecule has 6 heteroatoms. The molecule has 4 nitrogen and oxygen atoms in total. The van der Waals surface area contributed by atoms with Crippen LogP contribution in [0.5, 0.6) is 0 Å². The summed E-state index contributed by atoms with van der Waals surface area (Å²) < 4.78 is 13.0. The number of nitrogens with one attached hydrogen (secondary N) is 1. The van der Waals surface area contributed by atoms with Crippen LogP contribution in [0.3, 0.4) is 0 Å². The maximum atomic E-state index is 13.7. The van der Waals surface area contributed by atoms with Crippen LogP contribution in [-0.2, 0) is 9.59 Å². The Bertz CT molecular complexity index is 792. The zero-order valence-electron chi connectivity index (χ0n) is 18.2. The molecular weight excluding hydrogens is 411 g/mol. The van der Waals surface area contributed by atoms with Gasteiger partial charge in [-0.25, -0.2) is 4.39 Å². The predicted molar refractivity (Wildman–Crippen MR) is 120 cm³/mol. The molecule has 5 aliphatic rings. The Balaban J connectivity index is 1.12. The molecule has 2 amide bonds. The van der Waals surface area contributed by atoms with Gasteiger partial charge in [-0.1, -0.05) is 0 Å². The van der Waals surface area contributed by atoms with Crippen LogP contribution >= 0.6 is 11.8 Å². The first-order chi connectivity index (χ1) is 15.0. The molecule has 6 rings (SSSR count). The third kappa shape index (κ3) is 4.37. The highest BCUT2D eigenvalue weighted by Crippen LogP contribution is 2.60. The molecule has 1 aromatic carbocycles. The number of rotatable bonds is 7. The van der Waals surface area contributed by atoms with Gasteiger partial charge >= 0.3 is 0 Å². The number of carbonyl (C=O) groups is 2. The Morgan fingerprint density at radius 2 is 1.71 bits per heavy atom. The average Bonchev–Trinajstić information content (AvgIpc) is 3.23. The van der Waals surface area contributed by atoms with Gasteiger partial charge in [-0.05, 0) is 106 Å². The molecule has 1 N–H and O–H groups in total. The number of thioether (sulfide) groups is 1. The van der Waals surface area contributed by atoms with Crippen LogP contribution < -0.4 is 5.32 Å². The highest BCUT2D eigenvalue weighted by atomic mass is 32.2. The first-order valence-electron chi connectivity index (χ1n) is 12.0. The van der Waals surface area contributed by atoms with Crippen LogP contribution in [0.4, 0.5) is 4.39 Å². The van der Waals surface area contributed by atoms with Gasteiger partial charge in [0, 0.05) is 18.0 Å². The highest BCUT2D eigenvalue weighted by Gasteiger charge is 2.56. The smallest absolute Gasteiger partial charge is 0.242 e. The monoisotopic (exact) mass is 444 g/mol. The van der Waals surface area contributed by atoms with Gasteiger partial charge in [0.15, 0.2) is 0 Å². The SMILES string of the molecule is O=C(NCCCSc1ccc(F)cc1)C1CCCN1C(=O)C12CC3CC(CC(C3)C1)C2. The van der Waals surface area contributed by atoms with Crippen LogP contribution in [0.1, 0.15) is 57.8 Å². The van der Waals surface area contributed by atoms with E-state index in [9.17, 15) is 14.0 Å². The minimum atomic E-state index is -0.287. The predicted octanol–water partition coefficient (Wildman–Crippen LogP) is 4.63. The lowest BCUT2D eigenvalue weighted by molar-refractivity contribution is -0.160. The summed E-state index contributed by atoms with van der Waals surface area (Å²) in [6.07, 6.45) is 9.72. The van der Waals surface area contributed by atoms with E-state index < -0.39 is 0 Å². The fourth-order valence-corrected chi connectivity index (χ4v) is 7.93. The van der Waals surface area contributed by atoms with Crippen molar-refractivity contribution in [1.29, 1.82) is 0 Å². The highest BCUT2D eigenvalue weighted by molar-refractivity contribution is 7.99. The fourth-order valence-electron chi connectivity index (χ4n) is 7.08. The zero-order valence-corrected chi connectivity index (χ0v) is 19.0. The number of amides is 2. The van der Waals surface area contributed by atoms with E-state index in [2.05, 4.69) is 5.32 Å². The Morgan fingerprint density at radius 1 is 1.06 bits per heavy atom. The maximum absolute atomic E-state index is 13.7. The average molecular weight is 445 g/mol. The van der Waals surface area contributed by atoms with E-state index in [1.807, 2.05) is 4.90 Å². The van der Waals surface area contributed by atoms with Gasteiger partial charge in [0.1, 0.15) is 11.9 Å². The molecule has 1 atom stereocenters. The lowest BCUT2D eigenvalue weighted by Gasteiger charge is -2.56. The number of benzene rings is 1. The molecule has 31 heavy (non-hydrogen) atoms. The summed E-state index contributed by atoms with van der Waals surface area (Å²) in [7, 11) is 0. The van der Waals surface area contributed by atoms with E-state index in [1.54, 1.807) is 23.9 Å². The van der Waals surface area contributed by atoms with Crippen molar-refractivity contribution in [3.63, 3.8) is 0 Å². The van der Waals surface area contributed by atoms with Crippen LogP contribution in [0.15, 0.2) is 29.2 Å². The maximum Gasteiger partial charge on any atom is 0.242 e. The quantitative estimate of drug-likeness (QED) is 0.493. The first-order valence-corrected chi connectivity index (χ1v) is 13.0. The number of hydrogen-bond donors (Lipinski definition) is 1. The van der Waals surface area contributed by atoms with Crippen molar-refractivity contribution in [2.24, 2.45) is 23.2 Å². The second-order valence-corrected chi connectivity index (χ2v) is 11.5. The van der Waals surface area contributed by atoms with Gasteiger partial charge in [0.2, 0.25) is 11.8 Å². The standard InChI is InChI=1S/C25H33FN2O2S/c26-20-4-6-21(7-5-20)31-10-2-8-27-23(29)22-3-1-9-28(22)24(30)25-14-17-11-18(15-25)13-19(12-17)16-25/h4-7,17-19,22H,1-3,8-16H2,(H,27,29). The summed E-state index contributed by atoms with van der Waals surface area (Å²) in [4.78, 5) is 29.6. The van der Waals surface area contributed by atoms with Gasteiger partial charge < -0.3 is 10.2 Å². The number of carbonyl (C=O) groups excluding carboxylic acids is 2. The Kier molecular flexibility index (Phi) is 6.02. The molecule has 5 fully saturated rings. The van der Waals surface area contributed by atoms with E-state index in [1.165, 1.54) is 31.4 Å². The summed E-state index contributed by atoms with van der Waals surface area (Å²) in [6, 6.07) is 6.22. The molecule has 4 saturated carbocycles. The molecule has 0 spiro atoms. The Hall–Kier alpha value is -1.56. The largest absolute Gasteiger partial charge is 0.354 e. The summed E-state index contributed by atoms with van der Waals surface area (Å²) >= 11 is 1.67. The number of hydrogen-bond acceptors (Lipinski definition) is 3. The second kappa shape index (κ2) is 8.76. The van der Waals surface area contributed by atoms with Crippen molar-refractivity contribution in [2.75, 3.05) is 18.8 Å². The molecule has 1 aromatic rings. The number of halogens is 1. The van der Waals surface area contributed by atoms with E-state index in [-0.39, 0.29) is 29.1 Å². The van der Waals surface area contributed by atoms with Crippen LogP contribution in [0.2, 0.25) is 0 Å².